The van der Waals surface area contributed by atoms with Gasteiger partial charge in [0.25, 0.3) is 0 Å². The van der Waals surface area contributed by atoms with Crippen LogP contribution >= 0.6 is 0 Å². The molecule has 1 aliphatic rings. The minimum Gasteiger partial charge on any atom is -0.397 e. The topological polar surface area (TPSA) is 49.6 Å². The number of amides is 1. The molecular formula is C13H19N3O. The second kappa shape index (κ2) is 4.65. The Morgan fingerprint density at radius 1 is 1.12 bits per heavy atom. The fraction of sp³-hybridized carbons (Fsp3) is 0.462. The first-order valence-corrected chi connectivity index (χ1v) is 5.93. The van der Waals surface area contributed by atoms with Crippen LogP contribution in [0.4, 0.5) is 11.4 Å². The van der Waals surface area contributed by atoms with Crippen molar-refractivity contribution in [2.24, 2.45) is 0 Å². The third-order valence-corrected chi connectivity index (χ3v) is 3.45. The van der Waals surface area contributed by atoms with Crippen LogP contribution in [0.5, 0.6) is 0 Å². The Labute approximate surface area is 102 Å². The van der Waals surface area contributed by atoms with Crippen molar-refractivity contribution in [3.8, 4) is 0 Å². The molecule has 2 rings (SSSR count). The summed E-state index contributed by atoms with van der Waals surface area (Å²) >= 11 is 0. The minimum atomic E-state index is 0.774. The number of carbonyl (C=O) groups is 1. The van der Waals surface area contributed by atoms with Crippen molar-refractivity contribution in [2.75, 3.05) is 36.8 Å². The number of hydrogen-bond acceptors (Lipinski definition) is 3. The van der Waals surface area contributed by atoms with Gasteiger partial charge in [0.2, 0.25) is 6.41 Å². The zero-order valence-corrected chi connectivity index (χ0v) is 10.4. The summed E-state index contributed by atoms with van der Waals surface area (Å²) in [5, 5.41) is 0. The monoisotopic (exact) mass is 233 g/mol. The minimum absolute atomic E-state index is 0.774. The van der Waals surface area contributed by atoms with E-state index in [0.717, 1.165) is 44.0 Å². The molecule has 1 aliphatic heterocycles. The Bertz CT molecular complexity index is 423. The van der Waals surface area contributed by atoms with Gasteiger partial charge in [-0.1, -0.05) is 0 Å². The molecule has 4 nitrogen and oxygen atoms in total. The lowest BCUT2D eigenvalue weighted by Gasteiger charge is -2.35. The van der Waals surface area contributed by atoms with Crippen molar-refractivity contribution in [1.82, 2.24) is 4.90 Å². The molecule has 0 bridgehead atoms. The molecule has 0 saturated carbocycles. The highest BCUT2D eigenvalue weighted by molar-refractivity contribution is 5.70. The number of rotatable bonds is 2. The van der Waals surface area contributed by atoms with E-state index >= 15 is 0 Å². The Morgan fingerprint density at radius 2 is 1.71 bits per heavy atom. The lowest BCUT2D eigenvalue weighted by Crippen LogP contribution is -2.45. The van der Waals surface area contributed by atoms with Crippen molar-refractivity contribution in [1.29, 1.82) is 0 Å². The number of carbonyl (C=O) groups excluding carboxylic acids is 1. The third kappa shape index (κ3) is 2.35. The predicted octanol–water partition coefficient (Wildman–Crippen LogP) is 1.16. The van der Waals surface area contributed by atoms with Crippen LogP contribution in [0.15, 0.2) is 12.1 Å². The van der Waals surface area contributed by atoms with Gasteiger partial charge in [0.1, 0.15) is 0 Å². The van der Waals surface area contributed by atoms with Gasteiger partial charge in [-0.15, -0.1) is 0 Å². The van der Waals surface area contributed by atoms with E-state index in [2.05, 4.69) is 24.8 Å². The Hall–Kier alpha value is -1.71. The predicted molar refractivity (Wildman–Crippen MR) is 70.2 cm³/mol. The van der Waals surface area contributed by atoms with Gasteiger partial charge in [-0.2, -0.15) is 0 Å². The SMILES string of the molecule is Cc1cc(N)c(N2CCN(C=O)CC2)cc1C. The van der Waals surface area contributed by atoms with Gasteiger partial charge in [-0.25, -0.2) is 0 Å². The van der Waals surface area contributed by atoms with E-state index in [-0.39, 0.29) is 0 Å². The smallest absolute Gasteiger partial charge is 0.209 e. The zero-order valence-electron chi connectivity index (χ0n) is 10.4. The molecular weight excluding hydrogens is 214 g/mol. The Morgan fingerprint density at radius 3 is 2.29 bits per heavy atom. The lowest BCUT2D eigenvalue weighted by atomic mass is 10.1. The molecule has 4 heteroatoms. The highest BCUT2D eigenvalue weighted by Crippen LogP contribution is 2.27. The second-order valence-electron chi connectivity index (χ2n) is 4.62. The van der Waals surface area contributed by atoms with Crippen molar-refractivity contribution in [3.05, 3.63) is 23.3 Å². The van der Waals surface area contributed by atoms with Crippen molar-refractivity contribution < 1.29 is 4.79 Å². The van der Waals surface area contributed by atoms with E-state index in [0.29, 0.717) is 0 Å². The summed E-state index contributed by atoms with van der Waals surface area (Å²) in [6.07, 6.45) is 0.918. The van der Waals surface area contributed by atoms with Gasteiger partial charge < -0.3 is 15.5 Å². The lowest BCUT2D eigenvalue weighted by molar-refractivity contribution is -0.118. The van der Waals surface area contributed by atoms with Crippen LogP contribution in [-0.2, 0) is 4.79 Å². The van der Waals surface area contributed by atoms with Gasteiger partial charge in [0, 0.05) is 26.2 Å². The quantitative estimate of drug-likeness (QED) is 0.616. The fourth-order valence-corrected chi connectivity index (χ4v) is 2.17. The number of piperazine rings is 1. The van der Waals surface area contributed by atoms with Crippen LogP contribution in [0.1, 0.15) is 11.1 Å². The average molecular weight is 233 g/mol. The molecule has 1 amide bonds. The van der Waals surface area contributed by atoms with Gasteiger partial charge in [-0.3, -0.25) is 4.79 Å². The van der Waals surface area contributed by atoms with Crippen LogP contribution in [0, 0.1) is 13.8 Å². The summed E-state index contributed by atoms with van der Waals surface area (Å²) in [7, 11) is 0. The summed E-state index contributed by atoms with van der Waals surface area (Å²) in [5.41, 5.74) is 10.5. The molecule has 1 aromatic carbocycles. The maximum Gasteiger partial charge on any atom is 0.209 e. The molecule has 0 atom stereocenters. The molecule has 2 N–H and O–H groups in total. The first kappa shape index (κ1) is 11.8. The van der Waals surface area contributed by atoms with Crippen molar-refractivity contribution >= 4 is 17.8 Å². The molecule has 0 unspecified atom stereocenters. The zero-order chi connectivity index (χ0) is 12.4. The standard InChI is InChI=1S/C13H19N3O/c1-10-7-12(14)13(8-11(10)2)16-5-3-15(9-17)4-6-16/h7-9H,3-6,14H2,1-2H3. The maximum atomic E-state index is 10.7. The summed E-state index contributed by atoms with van der Waals surface area (Å²) in [4.78, 5) is 14.7. The molecule has 17 heavy (non-hydrogen) atoms. The molecule has 0 spiro atoms. The largest absolute Gasteiger partial charge is 0.397 e. The second-order valence-corrected chi connectivity index (χ2v) is 4.62. The van der Waals surface area contributed by atoms with E-state index in [9.17, 15) is 4.79 Å². The van der Waals surface area contributed by atoms with Crippen molar-refractivity contribution in [3.63, 3.8) is 0 Å². The number of nitrogens with two attached hydrogens (primary N) is 1. The molecule has 0 radical (unpaired) electrons. The normalized spacial score (nSPS) is 16.1. The van der Waals surface area contributed by atoms with E-state index in [4.69, 9.17) is 5.73 Å². The number of aryl methyl sites for hydroxylation is 2. The van der Waals surface area contributed by atoms with Gasteiger partial charge in [0.15, 0.2) is 0 Å². The highest BCUT2D eigenvalue weighted by atomic mass is 16.1. The maximum absolute atomic E-state index is 10.7. The Kier molecular flexibility index (Phi) is 3.22. The molecule has 1 fully saturated rings. The van der Waals surface area contributed by atoms with E-state index in [1.807, 2.05) is 6.07 Å². The summed E-state index contributed by atoms with van der Waals surface area (Å²) in [6, 6.07) is 4.16. The van der Waals surface area contributed by atoms with Crippen LogP contribution < -0.4 is 10.6 Å². The van der Waals surface area contributed by atoms with Crippen LogP contribution in [-0.4, -0.2) is 37.5 Å². The highest BCUT2D eigenvalue weighted by Gasteiger charge is 2.17. The molecule has 1 heterocycles. The summed E-state index contributed by atoms with van der Waals surface area (Å²) in [6.45, 7) is 7.42. The molecule has 0 aromatic heterocycles. The number of hydrogen-bond donors (Lipinski definition) is 1. The first-order chi connectivity index (χ1) is 8.11. The first-order valence-electron chi connectivity index (χ1n) is 5.93. The number of nitrogens with zero attached hydrogens (tertiary/aromatic N) is 2. The Balaban J connectivity index is 2.18. The van der Waals surface area contributed by atoms with E-state index in [1.54, 1.807) is 4.90 Å². The molecule has 0 aliphatic carbocycles. The molecule has 1 saturated heterocycles. The number of benzene rings is 1. The van der Waals surface area contributed by atoms with E-state index in [1.165, 1.54) is 11.1 Å². The van der Waals surface area contributed by atoms with Crippen molar-refractivity contribution in [2.45, 2.75) is 13.8 Å². The van der Waals surface area contributed by atoms with Gasteiger partial charge in [0.05, 0.1) is 11.4 Å². The van der Waals surface area contributed by atoms with E-state index < -0.39 is 0 Å². The number of anilines is 2. The van der Waals surface area contributed by atoms with Crippen LogP contribution in [0.3, 0.4) is 0 Å². The third-order valence-electron chi connectivity index (χ3n) is 3.45. The summed E-state index contributed by atoms with van der Waals surface area (Å²) < 4.78 is 0. The average Bonchev–Trinajstić information content (AvgIpc) is 2.34. The fourth-order valence-electron chi connectivity index (χ4n) is 2.17. The molecule has 92 valence electrons. The van der Waals surface area contributed by atoms with Crippen LogP contribution in [0.2, 0.25) is 0 Å². The molecule has 1 aromatic rings. The van der Waals surface area contributed by atoms with Crippen LogP contribution in [0.25, 0.3) is 0 Å². The number of nitrogen functional groups attached to an aromatic ring is 1. The summed E-state index contributed by atoms with van der Waals surface area (Å²) in [5.74, 6) is 0. The van der Waals surface area contributed by atoms with Gasteiger partial charge >= 0.3 is 0 Å². The van der Waals surface area contributed by atoms with Gasteiger partial charge in [-0.05, 0) is 37.1 Å².